The molecule has 0 bridgehead atoms. The maximum Gasteiger partial charge on any atom is 0.199 e. The molecule has 1 unspecified atom stereocenters. The SMILES string of the molecule is Cc1cc(C)c2oc(C(C)CN)nc2c1. The van der Waals surface area contributed by atoms with Crippen molar-refractivity contribution in [3.8, 4) is 0 Å². The van der Waals surface area contributed by atoms with E-state index < -0.39 is 0 Å². The number of aryl methyl sites for hydroxylation is 2. The second-order valence-corrected chi connectivity index (χ2v) is 4.12. The van der Waals surface area contributed by atoms with Crippen LogP contribution in [0.2, 0.25) is 0 Å². The maximum absolute atomic E-state index is 5.72. The maximum atomic E-state index is 5.72. The summed E-state index contributed by atoms with van der Waals surface area (Å²) in [5.41, 5.74) is 9.75. The first-order valence-corrected chi connectivity index (χ1v) is 5.19. The number of hydrogen-bond acceptors (Lipinski definition) is 3. The van der Waals surface area contributed by atoms with Gasteiger partial charge < -0.3 is 10.2 Å². The normalized spacial score (nSPS) is 13.3. The summed E-state index contributed by atoms with van der Waals surface area (Å²) in [6.07, 6.45) is 0. The van der Waals surface area contributed by atoms with E-state index in [2.05, 4.69) is 18.0 Å². The highest BCUT2D eigenvalue weighted by molar-refractivity contribution is 5.77. The third-order valence-electron chi connectivity index (χ3n) is 2.61. The van der Waals surface area contributed by atoms with Gasteiger partial charge in [0.25, 0.3) is 0 Å². The van der Waals surface area contributed by atoms with E-state index in [1.54, 1.807) is 0 Å². The zero-order valence-electron chi connectivity index (χ0n) is 9.37. The topological polar surface area (TPSA) is 52.0 Å². The molecule has 2 rings (SSSR count). The second-order valence-electron chi connectivity index (χ2n) is 4.12. The molecule has 1 aromatic heterocycles. The Kier molecular flexibility index (Phi) is 2.49. The van der Waals surface area contributed by atoms with Gasteiger partial charge in [-0.15, -0.1) is 0 Å². The lowest BCUT2D eigenvalue weighted by Crippen LogP contribution is -2.08. The van der Waals surface area contributed by atoms with Crippen molar-refractivity contribution in [3.05, 3.63) is 29.2 Å². The highest BCUT2D eigenvalue weighted by atomic mass is 16.3. The molecule has 0 spiro atoms. The van der Waals surface area contributed by atoms with Crippen LogP contribution < -0.4 is 5.73 Å². The molecule has 0 aliphatic rings. The lowest BCUT2D eigenvalue weighted by Gasteiger charge is -2.00. The zero-order chi connectivity index (χ0) is 11.0. The molecule has 0 aliphatic carbocycles. The van der Waals surface area contributed by atoms with Gasteiger partial charge in [0.15, 0.2) is 11.5 Å². The van der Waals surface area contributed by atoms with Crippen LogP contribution in [0.15, 0.2) is 16.5 Å². The van der Waals surface area contributed by atoms with Crippen molar-refractivity contribution in [1.82, 2.24) is 4.98 Å². The minimum Gasteiger partial charge on any atom is -0.440 e. The lowest BCUT2D eigenvalue weighted by atomic mass is 10.1. The number of benzene rings is 1. The van der Waals surface area contributed by atoms with Crippen molar-refractivity contribution in [2.75, 3.05) is 6.54 Å². The van der Waals surface area contributed by atoms with Crippen LogP contribution in [0.4, 0.5) is 0 Å². The van der Waals surface area contributed by atoms with E-state index in [0.29, 0.717) is 6.54 Å². The van der Waals surface area contributed by atoms with Crippen molar-refractivity contribution in [2.24, 2.45) is 5.73 Å². The van der Waals surface area contributed by atoms with Crippen LogP contribution in [0, 0.1) is 13.8 Å². The molecule has 0 amide bonds. The lowest BCUT2D eigenvalue weighted by molar-refractivity contribution is 0.488. The van der Waals surface area contributed by atoms with Gasteiger partial charge in [-0.25, -0.2) is 4.98 Å². The van der Waals surface area contributed by atoms with Gasteiger partial charge in [0.05, 0.1) is 0 Å². The van der Waals surface area contributed by atoms with Gasteiger partial charge in [-0.2, -0.15) is 0 Å². The Morgan fingerprint density at radius 2 is 2.13 bits per heavy atom. The van der Waals surface area contributed by atoms with Crippen LogP contribution in [0.25, 0.3) is 11.1 Å². The Morgan fingerprint density at radius 3 is 2.80 bits per heavy atom. The molecule has 0 saturated heterocycles. The summed E-state index contributed by atoms with van der Waals surface area (Å²) in [5.74, 6) is 0.915. The Hall–Kier alpha value is -1.35. The summed E-state index contributed by atoms with van der Waals surface area (Å²) in [6.45, 7) is 6.68. The fourth-order valence-electron chi connectivity index (χ4n) is 1.71. The minimum absolute atomic E-state index is 0.178. The van der Waals surface area contributed by atoms with Crippen molar-refractivity contribution in [3.63, 3.8) is 0 Å². The van der Waals surface area contributed by atoms with Crippen molar-refractivity contribution in [2.45, 2.75) is 26.7 Å². The van der Waals surface area contributed by atoms with Gasteiger partial charge in [-0.1, -0.05) is 13.0 Å². The predicted octanol–water partition coefficient (Wildman–Crippen LogP) is 2.51. The second kappa shape index (κ2) is 3.66. The van der Waals surface area contributed by atoms with Crippen LogP contribution >= 0.6 is 0 Å². The molecule has 3 nitrogen and oxygen atoms in total. The summed E-state index contributed by atoms with van der Waals surface area (Å²) in [6, 6.07) is 4.14. The standard InChI is InChI=1S/C12H16N2O/c1-7-4-8(2)11-10(5-7)14-12(15-11)9(3)6-13/h4-5,9H,6,13H2,1-3H3. The molecule has 1 atom stereocenters. The van der Waals surface area contributed by atoms with Crippen LogP contribution in [-0.2, 0) is 0 Å². The van der Waals surface area contributed by atoms with Gasteiger partial charge in [-0.3, -0.25) is 0 Å². The quantitative estimate of drug-likeness (QED) is 0.817. The molecule has 1 aromatic carbocycles. The average molecular weight is 204 g/mol. The largest absolute Gasteiger partial charge is 0.440 e. The number of aromatic nitrogens is 1. The number of hydrogen-bond donors (Lipinski definition) is 1. The van der Waals surface area contributed by atoms with E-state index in [1.165, 1.54) is 5.56 Å². The molecular formula is C12H16N2O. The molecule has 3 heteroatoms. The van der Waals surface area contributed by atoms with E-state index in [-0.39, 0.29) is 5.92 Å². The van der Waals surface area contributed by atoms with Crippen molar-refractivity contribution < 1.29 is 4.42 Å². The summed E-state index contributed by atoms with van der Waals surface area (Å²) in [7, 11) is 0. The van der Waals surface area contributed by atoms with Gasteiger partial charge in [0, 0.05) is 12.5 Å². The predicted molar refractivity (Wildman–Crippen MR) is 61.0 cm³/mol. The molecule has 0 saturated carbocycles. The molecule has 80 valence electrons. The third-order valence-corrected chi connectivity index (χ3v) is 2.61. The Balaban J connectivity index is 2.60. The average Bonchev–Trinajstić information content (AvgIpc) is 2.60. The number of oxazole rings is 1. The van der Waals surface area contributed by atoms with Gasteiger partial charge in [0.1, 0.15) is 5.52 Å². The van der Waals surface area contributed by atoms with E-state index in [4.69, 9.17) is 10.2 Å². The highest BCUT2D eigenvalue weighted by Gasteiger charge is 2.13. The number of nitrogens with zero attached hydrogens (tertiary/aromatic N) is 1. The summed E-state index contributed by atoms with van der Waals surface area (Å²) in [5, 5.41) is 0. The van der Waals surface area contributed by atoms with Crippen LogP contribution in [0.1, 0.15) is 29.9 Å². The summed E-state index contributed by atoms with van der Waals surface area (Å²) in [4.78, 5) is 4.46. The molecule has 0 radical (unpaired) electrons. The smallest absolute Gasteiger partial charge is 0.199 e. The van der Waals surface area contributed by atoms with Gasteiger partial charge >= 0.3 is 0 Å². The Labute approximate surface area is 89.3 Å². The fourth-order valence-corrected chi connectivity index (χ4v) is 1.71. The number of fused-ring (bicyclic) bond motifs is 1. The van der Waals surface area contributed by atoms with E-state index in [0.717, 1.165) is 22.6 Å². The first kappa shape index (κ1) is 10.2. The minimum atomic E-state index is 0.178. The van der Waals surface area contributed by atoms with E-state index in [9.17, 15) is 0 Å². The van der Waals surface area contributed by atoms with Crippen LogP contribution in [0.3, 0.4) is 0 Å². The van der Waals surface area contributed by atoms with Gasteiger partial charge in [-0.05, 0) is 31.0 Å². The fraction of sp³-hybridized carbons (Fsp3) is 0.417. The third kappa shape index (κ3) is 1.75. The first-order valence-electron chi connectivity index (χ1n) is 5.19. The number of nitrogens with two attached hydrogens (primary N) is 1. The van der Waals surface area contributed by atoms with Gasteiger partial charge in [0.2, 0.25) is 0 Å². The molecule has 2 N–H and O–H groups in total. The molecule has 1 heterocycles. The van der Waals surface area contributed by atoms with Crippen LogP contribution in [0.5, 0.6) is 0 Å². The monoisotopic (exact) mass is 204 g/mol. The molecule has 0 aliphatic heterocycles. The highest BCUT2D eigenvalue weighted by Crippen LogP contribution is 2.24. The molecule has 15 heavy (non-hydrogen) atoms. The molecule has 0 fully saturated rings. The van der Waals surface area contributed by atoms with E-state index >= 15 is 0 Å². The Morgan fingerprint density at radius 1 is 1.40 bits per heavy atom. The molecular weight excluding hydrogens is 188 g/mol. The summed E-state index contributed by atoms with van der Waals surface area (Å²) >= 11 is 0. The van der Waals surface area contributed by atoms with E-state index in [1.807, 2.05) is 19.9 Å². The first-order chi connectivity index (χ1) is 7.11. The van der Waals surface area contributed by atoms with Crippen molar-refractivity contribution >= 4 is 11.1 Å². The summed E-state index contributed by atoms with van der Waals surface area (Å²) < 4.78 is 5.72. The van der Waals surface area contributed by atoms with Crippen LogP contribution in [-0.4, -0.2) is 11.5 Å². The molecule has 2 aromatic rings. The Bertz CT molecular complexity index is 488. The van der Waals surface area contributed by atoms with Crippen molar-refractivity contribution in [1.29, 1.82) is 0 Å². The zero-order valence-corrected chi connectivity index (χ0v) is 9.37. The number of rotatable bonds is 2.